The lowest BCUT2D eigenvalue weighted by molar-refractivity contribution is -0.266. The summed E-state index contributed by atoms with van der Waals surface area (Å²) in [7, 11) is -5.95. The van der Waals surface area contributed by atoms with Gasteiger partial charge in [0, 0.05) is 42.9 Å². The number of halogens is 4. The quantitative estimate of drug-likeness (QED) is 0.402. The minimum Gasteiger partial charge on any atom is -0.380 e. The molecule has 1 aromatic heterocycles. The van der Waals surface area contributed by atoms with Crippen molar-refractivity contribution in [2.24, 2.45) is 0 Å². The molecule has 0 aliphatic carbocycles. The molecule has 2 aromatic rings. The molecule has 36 heavy (non-hydrogen) atoms. The van der Waals surface area contributed by atoms with E-state index in [1.54, 1.807) is 0 Å². The predicted molar refractivity (Wildman–Crippen MR) is 127 cm³/mol. The van der Waals surface area contributed by atoms with Crippen molar-refractivity contribution in [3.63, 3.8) is 0 Å². The zero-order valence-corrected chi connectivity index (χ0v) is 22.0. The normalized spacial score (nSPS) is 16.9. The van der Waals surface area contributed by atoms with E-state index >= 15 is 0 Å². The van der Waals surface area contributed by atoms with Crippen LogP contribution in [-0.2, 0) is 38.1 Å². The van der Waals surface area contributed by atoms with Gasteiger partial charge in [0.05, 0.1) is 11.4 Å². The second-order valence-corrected chi connectivity index (χ2v) is 14.0. The fourth-order valence-electron chi connectivity index (χ4n) is 4.64. The number of aromatic nitrogens is 1. The molecule has 0 bridgehead atoms. The molecule has 13 heteroatoms. The van der Waals surface area contributed by atoms with Gasteiger partial charge in [0.25, 0.3) is 0 Å². The Bertz CT molecular complexity index is 1430. The van der Waals surface area contributed by atoms with Crippen LogP contribution in [0.4, 0.5) is 17.6 Å². The second-order valence-electron chi connectivity index (χ2n) is 10.0. The van der Waals surface area contributed by atoms with Crippen molar-refractivity contribution in [1.29, 1.82) is 0 Å². The van der Waals surface area contributed by atoms with E-state index in [0.29, 0.717) is 11.3 Å². The lowest BCUT2D eigenvalue weighted by atomic mass is 9.73. The van der Waals surface area contributed by atoms with Gasteiger partial charge in [-0.15, -0.1) is 0 Å². The van der Waals surface area contributed by atoms with E-state index in [2.05, 4.69) is 4.98 Å². The van der Waals surface area contributed by atoms with Gasteiger partial charge in [-0.1, -0.05) is 13.8 Å². The molecule has 2 heterocycles. The van der Waals surface area contributed by atoms with Crippen LogP contribution >= 0.6 is 0 Å². The molecular weight excluding hydrogens is 524 g/mol. The minimum absolute atomic E-state index is 0.00664. The van der Waals surface area contributed by atoms with Crippen molar-refractivity contribution < 1.29 is 39.5 Å². The van der Waals surface area contributed by atoms with Crippen LogP contribution in [0.25, 0.3) is 6.08 Å². The molecule has 2 N–H and O–H groups in total. The first-order chi connectivity index (χ1) is 16.1. The highest BCUT2D eigenvalue weighted by Crippen LogP contribution is 2.44. The van der Waals surface area contributed by atoms with Crippen LogP contribution in [0.3, 0.4) is 0 Å². The monoisotopic (exact) mass is 552 g/mol. The Balaban J connectivity index is 2.04. The molecular formula is C23H28F4N2O5S2. The molecule has 0 saturated heterocycles. The number of H-pyrrole nitrogens is 1. The summed E-state index contributed by atoms with van der Waals surface area (Å²) in [6.07, 6.45) is -3.77. The van der Waals surface area contributed by atoms with Crippen LogP contribution in [0.1, 0.15) is 42.8 Å². The first-order valence-electron chi connectivity index (χ1n) is 10.8. The fourth-order valence-corrected chi connectivity index (χ4v) is 6.66. The van der Waals surface area contributed by atoms with Gasteiger partial charge in [0.15, 0.2) is 25.3 Å². The number of benzene rings is 1. The first-order valence-corrected chi connectivity index (χ1v) is 14.6. The standard InChI is InChI=1S/C23H28F4N2O5S2/c1-21(2,17-10-15(24)6-7-19(17)35(4,31)32)13-22(30,23(25,26)27)11-16-8-14-9-20(36(5,33)34)29(3)12-18(14)28-16/h6-10,28,30H,11-13H2,1-5H3. The molecule has 0 saturated carbocycles. The minimum atomic E-state index is -5.13. The van der Waals surface area contributed by atoms with E-state index < -0.39 is 55.5 Å². The number of fused-ring (bicyclic) bond motifs is 1. The lowest BCUT2D eigenvalue weighted by Crippen LogP contribution is -2.51. The number of hydrogen-bond donors (Lipinski definition) is 2. The highest BCUT2D eigenvalue weighted by Gasteiger charge is 2.56. The molecule has 1 aliphatic rings. The van der Waals surface area contributed by atoms with E-state index in [1.807, 2.05) is 0 Å². The average molecular weight is 553 g/mol. The molecule has 0 radical (unpaired) electrons. The predicted octanol–water partition coefficient (Wildman–Crippen LogP) is 3.55. The average Bonchev–Trinajstić information content (AvgIpc) is 3.04. The number of nitrogens with zero attached hydrogens (tertiary/aromatic N) is 1. The summed E-state index contributed by atoms with van der Waals surface area (Å²) in [5, 5.41) is 11.0. The molecule has 0 fully saturated rings. The largest absolute Gasteiger partial charge is 0.417 e. The maximum absolute atomic E-state index is 14.3. The van der Waals surface area contributed by atoms with Crippen LogP contribution in [0, 0.1) is 5.82 Å². The third kappa shape index (κ3) is 5.62. The zero-order chi connectivity index (χ0) is 27.5. The number of alkyl halides is 3. The van der Waals surface area contributed by atoms with Gasteiger partial charge < -0.3 is 15.0 Å². The highest BCUT2D eigenvalue weighted by atomic mass is 32.2. The Morgan fingerprint density at radius 1 is 1.06 bits per heavy atom. The molecule has 3 rings (SSSR count). The first kappa shape index (κ1) is 28.2. The van der Waals surface area contributed by atoms with Crippen LogP contribution in [0.5, 0.6) is 0 Å². The van der Waals surface area contributed by atoms with Crippen molar-refractivity contribution >= 4 is 25.8 Å². The molecule has 1 atom stereocenters. The van der Waals surface area contributed by atoms with Gasteiger partial charge in [-0.3, -0.25) is 0 Å². The van der Waals surface area contributed by atoms with Gasteiger partial charge in [-0.05, 0) is 47.7 Å². The maximum atomic E-state index is 14.3. The maximum Gasteiger partial charge on any atom is 0.417 e. The van der Waals surface area contributed by atoms with Crippen molar-refractivity contribution in [2.45, 2.75) is 55.3 Å². The van der Waals surface area contributed by atoms with Crippen molar-refractivity contribution in [3.8, 4) is 0 Å². The van der Waals surface area contributed by atoms with Gasteiger partial charge >= 0.3 is 6.18 Å². The van der Waals surface area contributed by atoms with Gasteiger partial charge in [0.2, 0.25) is 0 Å². The molecule has 1 unspecified atom stereocenters. The summed E-state index contributed by atoms with van der Waals surface area (Å²) in [5.41, 5.74) is -4.23. The summed E-state index contributed by atoms with van der Waals surface area (Å²) in [4.78, 5) is 3.95. The Kier molecular flexibility index (Phi) is 6.95. The van der Waals surface area contributed by atoms with E-state index in [4.69, 9.17) is 0 Å². The van der Waals surface area contributed by atoms with Crippen molar-refractivity contribution in [1.82, 2.24) is 9.88 Å². The lowest BCUT2D eigenvalue weighted by Gasteiger charge is -2.38. The van der Waals surface area contributed by atoms with Gasteiger partial charge in [-0.25, -0.2) is 21.2 Å². The van der Waals surface area contributed by atoms with E-state index in [1.165, 1.54) is 37.9 Å². The number of aliphatic hydroxyl groups is 1. The Morgan fingerprint density at radius 2 is 1.67 bits per heavy atom. The summed E-state index contributed by atoms with van der Waals surface area (Å²) in [5.74, 6) is -0.823. The van der Waals surface area contributed by atoms with Crippen molar-refractivity contribution in [2.75, 3.05) is 19.6 Å². The Morgan fingerprint density at radius 3 is 2.19 bits per heavy atom. The van der Waals surface area contributed by atoms with E-state index in [9.17, 15) is 39.5 Å². The zero-order valence-electron chi connectivity index (χ0n) is 20.4. The number of nitrogens with one attached hydrogen (secondary N) is 1. The summed E-state index contributed by atoms with van der Waals surface area (Å²) in [6.45, 7) is 2.72. The van der Waals surface area contributed by atoms with Gasteiger partial charge in [-0.2, -0.15) is 13.2 Å². The number of aromatic amines is 1. The summed E-state index contributed by atoms with van der Waals surface area (Å²) >= 11 is 0. The third-order valence-electron chi connectivity index (χ3n) is 6.24. The number of hydrogen-bond acceptors (Lipinski definition) is 6. The van der Waals surface area contributed by atoms with Crippen LogP contribution < -0.4 is 0 Å². The SMILES string of the molecule is CN1Cc2[nH]c(CC(O)(CC(C)(C)c3cc(F)ccc3S(C)(=O)=O)C(F)(F)F)cc2C=C1S(C)(=O)=O. The van der Waals surface area contributed by atoms with Crippen LogP contribution in [0.15, 0.2) is 34.2 Å². The molecule has 7 nitrogen and oxygen atoms in total. The second kappa shape index (κ2) is 8.88. The molecule has 0 spiro atoms. The topological polar surface area (TPSA) is 108 Å². The summed E-state index contributed by atoms with van der Waals surface area (Å²) < 4.78 is 105. The number of rotatable bonds is 7. The van der Waals surface area contributed by atoms with Crippen LogP contribution in [-0.4, -0.2) is 63.2 Å². The fraction of sp³-hybridized carbons (Fsp3) is 0.478. The van der Waals surface area contributed by atoms with E-state index in [-0.39, 0.29) is 27.7 Å². The van der Waals surface area contributed by atoms with E-state index in [0.717, 1.165) is 30.7 Å². The van der Waals surface area contributed by atoms with Crippen LogP contribution in [0.2, 0.25) is 0 Å². The molecule has 1 aliphatic heterocycles. The highest BCUT2D eigenvalue weighted by molar-refractivity contribution is 7.94. The third-order valence-corrected chi connectivity index (χ3v) is 8.58. The Hall–Kier alpha value is -2.38. The number of sulfone groups is 2. The summed E-state index contributed by atoms with van der Waals surface area (Å²) in [6, 6.07) is 4.12. The van der Waals surface area contributed by atoms with Gasteiger partial charge in [0.1, 0.15) is 10.8 Å². The molecule has 200 valence electrons. The van der Waals surface area contributed by atoms with Crippen molar-refractivity contribution in [3.05, 3.63) is 57.6 Å². The molecule has 1 aromatic carbocycles. The molecule has 0 amide bonds. The smallest absolute Gasteiger partial charge is 0.380 e. The Labute approximate surface area is 207 Å².